The lowest BCUT2D eigenvalue weighted by atomic mass is 9.86. The van der Waals surface area contributed by atoms with Crippen molar-refractivity contribution in [3.8, 4) is 0 Å². The third-order valence-electron chi connectivity index (χ3n) is 2.78. The van der Waals surface area contributed by atoms with E-state index in [0.29, 0.717) is 6.54 Å². The molecule has 0 aromatic heterocycles. The van der Waals surface area contributed by atoms with E-state index in [0.717, 1.165) is 30.5 Å². The molecule has 0 unspecified atom stereocenters. The number of benzene rings is 1. The summed E-state index contributed by atoms with van der Waals surface area (Å²) >= 11 is 6.03. The molecule has 1 aromatic rings. The van der Waals surface area contributed by atoms with Crippen molar-refractivity contribution < 1.29 is 4.74 Å². The molecule has 0 atom stereocenters. The molecule has 0 spiro atoms. The van der Waals surface area contributed by atoms with E-state index in [1.807, 2.05) is 24.3 Å². The van der Waals surface area contributed by atoms with Crippen LogP contribution in [-0.4, -0.2) is 26.3 Å². The molecule has 1 aromatic carbocycles. The summed E-state index contributed by atoms with van der Waals surface area (Å²) in [6.07, 6.45) is 0. The van der Waals surface area contributed by atoms with E-state index in [-0.39, 0.29) is 5.41 Å². The number of hydrogen-bond acceptors (Lipinski definition) is 3. The van der Waals surface area contributed by atoms with Crippen molar-refractivity contribution in [1.29, 1.82) is 0 Å². The molecule has 0 amide bonds. The lowest BCUT2D eigenvalue weighted by molar-refractivity contribution is -0.0979. The second kappa shape index (κ2) is 4.39. The van der Waals surface area contributed by atoms with Crippen LogP contribution in [0.3, 0.4) is 0 Å². The standard InChI is InChI=1S/C11H15ClN2O/c12-9-3-1-2-4-10(9)14-6-11(5-13)7-15-8-11/h1-4,14H,5-8,13H2. The van der Waals surface area contributed by atoms with Crippen molar-refractivity contribution in [2.24, 2.45) is 11.1 Å². The Hall–Kier alpha value is -0.770. The third-order valence-corrected chi connectivity index (χ3v) is 3.11. The van der Waals surface area contributed by atoms with Crippen LogP contribution in [0.2, 0.25) is 5.02 Å². The van der Waals surface area contributed by atoms with Crippen molar-refractivity contribution in [2.45, 2.75) is 0 Å². The third kappa shape index (κ3) is 2.25. The Kier molecular flexibility index (Phi) is 3.14. The first-order chi connectivity index (χ1) is 7.26. The van der Waals surface area contributed by atoms with Crippen LogP contribution in [0.5, 0.6) is 0 Å². The zero-order valence-corrected chi connectivity index (χ0v) is 9.26. The molecule has 3 N–H and O–H groups in total. The number of anilines is 1. The van der Waals surface area contributed by atoms with Crippen LogP contribution in [0.25, 0.3) is 0 Å². The van der Waals surface area contributed by atoms with Crippen LogP contribution in [0, 0.1) is 5.41 Å². The van der Waals surface area contributed by atoms with Crippen LogP contribution in [0.15, 0.2) is 24.3 Å². The lowest BCUT2D eigenvalue weighted by Crippen LogP contribution is -2.52. The summed E-state index contributed by atoms with van der Waals surface area (Å²) in [6.45, 7) is 2.93. The topological polar surface area (TPSA) is 47.3 Å². The van der Waals surface area contributed by atoms with Crippen LogP contribution in [0.4, 0.5) is 5.69 Å². The van der Waals surface area contributed by atoms with E-state index in [1.165, 1.54) is 0 Å². The van der Waals surface area contributed by atoms with E-state index in [9.17, 15) is 0 Å². The van der Waals surface area contributed by atoms with Gasteiger partial charge in [0.05, 0.1) is 23.9 Å². The lowest BCUT2D eigenvalue weighted by Gasteiger charge is -2.40. The zero-order chi connectivity index (χ0) is 10.7. The predicted molar refractivity (Wildman–Crippen MR) is 62.2 cm³/mol. The van der Waals surface area contributed by atoms with Crippen LogP contribution in [-0.2, 0) is 4.74 Å². The molecule has 2 rings (SSSR count). The minimum Gasteiger partial charge on any atom is -0.383 e. The van der Waals surface area contributed by atoms with Gasteiger partial charge in [-0.2, -0.15) is 0 Å². The monoisotopic (exact) mass is 226 g/mol. The Bertz CT molecular complexity index is 334. The molecule has 3 nitrogen and oxygen atoms in total. The van der Waals surface area contributed by atoms with E-state index >= 15 is 0 Å². The van der Waals surface area contributed by atoms with E-state index in [4.69, 9.17) is 22.1 Å². The van der Waals surface area contributed by atoms with Gasteiger partial charge in [0.25, 0.3) is 0 Å². The van der Waals surface area contributed by atoms with E-state index in [1.54, 1.807) is 0 Å². The van der Waals surface area contributed by atoms with Gasteiger partial charge in [-0.15, -0.1) is 0 Å². The Morgan fingerprint density at radius 2 is 2.13 bits per heavy atom. The number of ether oxygens (including phenoxy) is 1. The van der Waals surface area contributed by atoms with Crippen molar-refractivity contribution in [3.63, 3.8) is 0 Å². The van der Waals surface area contributed by atoms with Crippen molar-refractivity contribution in [3.05, 3.63) is 29.3 Å². The highest BCUT2D eigenvalue weighted by molar-refractivity contribution is 6.33. The molecular weight excluding hydrogens is 212 g/mol. The molecule has 0 bridgehead atoms. The number of para-hydroxylation sites is 1. The quantitative estimate of drug-likeness (QED) is 0.822. The Morgan fingerprint density at radius 1 is 1.40 bits per heavy atom. The van der Waals surface area contributed by atoms with Gasteiger partial charge < -0.3 is 15.8 Å². The highest BCUT2D eigenvalue weighted by atomic mass is 35.5. The SMILES string of the molecule is NCC1(CNc2ccccc2Cl)COC1. The molecule has 1 aliphatic heterocycles. The average Bonchev–Trinajstić information content (AvgIpc) is 2.19. The first-order valence-corrected chi connectivity index (χ1v) is 5.40. The van der Waals surface area contributed by atoms with Gasteiger partial charge in [-0.05, 0) is 12.1 Å². The van der Waals surface area contributed by atoms with E-state index in [2.05, 4.69) is 5.32 Å². The fourth-order valence-corrected chi connectivity index (χ4v) is 1.77. The van der Waals surface area contributed by atoms with Gasteiger partial charge >= 0.3 is 0 Å². The maximum atomic E-state index is 6.03. The minimum atomic E-state index is 0.0964. The largest absolute Gasteiger partial charge is 0.383 e. The molecule has 1 heterocycles. The first kappa shape index (κ1) is 10.7. The van der Waals surface area contributed by atoms with Crippen molar-refractivity contribution in [1.82, 2.24) is 0 Å². The molecular formula is C11H15ClN2O. The van der Waals surface area contributed by atoms with Gasteiger partial charge in [0.2, 0.25) is 0 Å². The van der Waals surface area contributed by atoms with Gasteiger partial charge in [0, 0.05) is 18.5 Å². The number of halogens is 1. The fraction of sp³-hybridized carbons (Fsp3) is 0.455. The summed E-state index contributed by atoms with van der Waals surface area (Å²) in [5.41, 5.74) is 6.77. The molecule has 4 heteroatoms. The highest BCUT2D eigenvalue weighted by Gasteiger charge is 2.37. The highest BCUT2D eigenvalue weighted by Crippen LogP contribution is 2.28. The van der Waals surface area contributed by atoms with Crippen LogP contribution < -0.4 is 11.1 Å². The summed E-state index contributed by atoms with van der Waals surface area (Å²) < 4.78 is 5.19. The summed E-state index contributed by atoms with van der Waals surface area (Å²) in [5, 5.41) is 4.06. The zero-order valence-electron chi connectivity index (χ0n) is 8.50. The molecule has 1 aliphatic rings. The maximum absolute atomic E-state index is 6.03. The summed E-state index contributed by atoms with van der Waals surface area (Å²) in [7, 11) is 0. The second-order valence-electron chi connectivity index (χ2n) is 4.03. The summed E-state index contributed by atoms with van der Waals surface area (Å²) in [6, 6.07) is 7.71. The van der Waals surface area contributed by atoms with Gasteiger partial charge in [0.15, 0.2) is 0 Å². The molecule has 1 fully saturated rings. The van der Waals surface area contributed by atoms with Gasteiger partial charge in [-0.25, -0.2) is 0 Å². The second-order valence-corrected chi connectivity index (χ2v) is 4.44. The molecule has 0 aliphatic carbocycles. The molecule has 0 saturated carbocycles. The van der Waals surface area contributed by atoms with Gasteiger partial charge in [-0.1, -0.05) is 23.7 Å². The fourth-order valence-electron chi connectivity index (χ4n) is 1.57. The number of nitrogens with one attached hydrogen (secondary N) is 1. The number of nitrogens with two attached hydrogens (primary N) is 1. The Balaban J connectivity index is 1.95. The first-order valence-electron chi connectivity index (χ1n) is 5.02. The number of hydrogen-bond donors (Lipinski definition) is 2. The van der Waals surface area contributed by atoms with Gasteiger partial charge in [-0.3, -0.25) is 0 Å². The molecule has 15 heavy (non-hydrogen) atoms. The van der Waals surface area contributed by atoms with E-state index < -0.39 is 0 Å². The summed E-state index contributed by atoms with van der Waals surface area (Å²) in [4.78, 5) is 0. The smallest absolute Gasteiger partial charge is 0.0637 e. The summed E-state index contributed by atoms with van der Waals surface area (Å²) in [5.74, 6) is 0. The van der Waals surface area contributed by atoms with Crippen molar-refractivity contribution >= 4 is 17.3 Å². The maximum Gasteiger partial charge on any atom is 0.0637 e. The average molecular weight is 227 g/mol. The number of rotatable bonds is 4. The Morgan fingerprint density at radius 3 is 2.67 bits per heavy atom. The van der Waals surface area contributed by atoms with Gasteiger partial charge in [0.1, 0.15) is 0 Å². The normalized spacial score (nSPS) is 18.3. The predicted octanol–water partition coefficient (Wildman–Crippen LogP) is 1.73. The van der Waals surface area contributed by atoms with Crippen LogP contribution >= 0.6 is 11.6 Å². The molecule has 0 radical (unpaired) electrons. The Labute approximate surface area is 94.6 Å². The molecule has 1 saturated heterocycles. The van der Waals surface area contributed by atoms with Crippen LogP contribution in [0.1, 0.15) is 0 Å². The van der Waals surface area contributed by atoms with Crippen molar-refractivity contribution in [2.75, 3.05) is 31.6 Å². The minimum absolute atomic E-state index is 0.0964. The molecule has 82 valence electrons.